The number of esters is 1. The third-order valence-corrected chi connectivity index (χ3v) is 4.46. The highest BCUT2D eigenvalue weighted by Crippen LogP contribution is 2.21. The van der Waals surface area contributed by atoms with Crippen molar-refractivity contribution in [3.05, 3.63) is 18.3 Å². The van der Waals surface area contributed by atoms with Crippen LogP contribution < -0.4 is 5.73 Å². The van der Waals surface area contributed by atoms with Crippen molar-refractivity contribution in [2.45, 2.75) is 25.7 Å². The lowest BCUT2D eigenvalue weighted by atomic mass is 10.2. The molecule has 0 atom stereocenters. The van der Waals surface area contributed by atoms with Gasteiger partial charge < -0.3 is 10.5 Å². The smallest absolute Gasteiger partial charge is 0.321 e. The first kappa shape index (κ1) is 17.4. The highest BCUT2D eigenvalue weighted by atomic mass is 32.2. The fourth-order valence-corrected chi connectivity index (χ4v) is 3.38. The second-order valence-electron chi connectivity index (χ2n) is 4.88. The Labute approximate surface area is 125 Å². The Hall–Kier alpha value is -1.67. The van der Waals surface area contributed by atoms with E-state index < -0.39 is 16.0 Å². The van der Waals surface area contributed by atoms with Gasteiger partial charge in [-0.1, -0.05) is 13.8 Å². The van der Waals surface area contributed by atoms with Gasteiger partial charge in [0.2, 0.25) is 10.0 Å². The quantitative estimate of drug-likeness (QED) is 0.749. The molecule has 0 unspecified atom stereocenters. The van der Waals surface area contributed by atoms with Crippen molar-refractivity contribution in [2.75, 3.05) is 25.4 Å². The van der Waals surface area contributed by atoms with Crippen LogP contribution in [0, 0.1) is 5.92 Å². The zero-order valence-corrected chi connectivity index (χ0v) is 13.3. The first-order valence-corrected chi connectivity index (χ1v) is 8.09. The third kappa shape index (κ3) is 4.68. The van der Waals surface area contributed by atoms with E-state index in [-0.39, 0.29) is 36.3 Å². The Kier molecular flexibility index (Phi) is 6.10. The molecule has 0 aromatic carbocycles. The average molecular weight is 315 g/mol. The molecule has 0 aliphatic heterocycles. The molecule has 1 rings (SSSR count). The van der Waals surface area contributed by atoms with Gasteiger partial charge in [-0.2, -0.15) is 4.31 Å². The molecule has 0 saturated heterocycles. The summed E-state index contributed by atoms with van der Waals surface area (Å²) in [5, 5.41) is 0. The van der Waals surface area contributed by atoms with E-state index in [1.54, 1.807) is 6.92 Å². The zero-order valence-electron chi connectivity index (χ0n) is 12.4. The Morgan fingerprint density at radius 2 is 2.14 bits per heavy atom. The van der Waals surface area contributed by atoms with Gasteiger partial charge in [-0.3, -0.25) is 4.79 Å². The molecule has 0 aliphatic rings. The van der Waals surface area contributed by atoms with Crippen LogP contribution in [0.2, 0.25) is 0 Å². The molecule has 8 heteroatoms. The largest absolute Gasteiger partial charge is 0.465 e. The van der Waals surface area contributed by atoms with Crippen molar-refractivity contribution in [3.8, 4) is 0 Å². The molecule has 0 bridgehead atoms. The molecule has 1 aromatic rings. The van der Waals surface area contributed by atoms with Crippen LogP contribution in [0.3, 0.4) is 0 Å². The normalized spacial score (nSPS) is 11.9. The summed E-state index contributed by atoms with van der Waals surface area (Å²) in [4.78, 5) is 15.3. The van der Waals surface area contributed by atoms with E-state index in [9.17, 15) is 13.2 Å². The number of carbonyl (C=O) groups is 1. The average Bonchev–Trinajstić information content (AvgIpc) is 2.38. The van der Waals surface area contributed by atoms with Gasteiger partial charge in [0.05, 0.1) is 6.61 Å². The highest BCUT2D eigenvalue weighted by Gasteiger charge is 2.29. The Balaban J connectivity index is 3.12. The number of nitrogens with two attached hydrogens (primary N) is 1. The van der Waals surface area contributed by atoms with E-state index in [0.29, 0.717) is 0 Å². The van der Waals surface area contributed by atoms with Crippen LogP contribution in [0.4, 0.5) is 5.82 Å². The van der Waals surface area contributed by atoms with Crippen LogP contribution in [0.15, 0.2) is 23.2 Å². The van der Waals surface area contributed by atoms with Gasteiger partial charge in [0.1, 0.15) is 17.3 Å². The van der Waals surface area contributed by atoms with Gasteiger partial charge in [0, 0.05) is 12.7 Å². The third-order valence-electron chi connectivity index (χ3n) is 2.60. The topological polar surface area (TPSA) is 103 Å². The Morgan fingerprint density at radius 3 is 2.67 bits per heavy atom. The molecular weight excluding hydrogens is 294 g/mol. The SMILES string of the molecule is CCOC(=O)CN(CC(C)C)S(=O)(=O)c1cccnc1N. The lowest BCUT2D eigenvalue weighted by Crippen LogP contribution is -2.39. The van der Waals surface area contributed by atoms with Crippen molar-refractivity contribution < 1.29 is 17.9 Å². The van der Waals surface area contributed by atoms with Crippen molar-refractivity contribution in [3.63, 3.8) is 0 Å². The minimum atomic E-state index is -3.90. The van der Waals surface area contributed by atoms with E-state index in [1.807, 2.05) is 13.8 Å². The Morgan fingerprint density at radius 1 is 1.48 bits per heavy atom. The molecule has 7 nitrogen and oxygen atoms in total. The second-order valence-corrected chi connectivity index (χ2v) is 6.79. The van der Waals surface area contributed by atoms with Crippen LogP contribution in [0.1, 0.15) is 20.8 Å². The lowest BCUT2D eigenvalue weighted by Gasteiger charge is -2.23. The van der Waals surface area contributed by atoms with Gasteiger partial charge in [-0.15, -0.1) is 0 Å². The number of hydrogen-bond donors (Lipinski definition) is 1. The first-order chi connectivity index (χ1) is 9.78. The van der Waals surface area contributed by atoms with Gasteiger partial charge in [-0.25, -0.2) is 13.4 Å². The monoisotopic (exact) mass is 315 g/mol. The maximum atomic E-state index is 12.6. The second kappa shape index (κ2) is 7.37. The zero-order chi connectivity index (χ0) is 16.0. The molecule has 0 fully saturated rings. The van der Waals surface area contributed by atoms with Gasteiger partial charge >= 0.3 is 5.97 Å². The molecule has 0 spiro atoms. The molecular formula is C13H21N3O4S. The molecule has 21 heavy (non-hydrogen) atoms. The maximum Gasteiger partial charge on any atom is 0.321 e. The van der Waals surface area contributed by atoms with Crippen molar-refractivity contribution in [2.24, 2.45) is 5.92 Å². The number of sulfonamides is 1. The molecule has 1 heterocycles. The predicted molar refractivity (Wildman–Crippen MR) is 78.9 cm³/mol. The summed E-state index contributed by atoms with van der Waals surface area (Å²) in [5.41, 5.74) is 5.63. The number of hydrogen-bond acceptors (Lipinski definition) is 6. The van der Waals surface area contributed by atoms with E-state index in [2.05, 4.69) is 4.98 Å². The summed E-state index contributed by atoms with van der Waals surface area (Å²) in [7, 11) is -3.90. The van der Waals surface area contributed by atoms with E-state index in [4.69, 9.17) is 10.5 Å². The Bertz CT molecular complexity index is 587. The van der Waals surface area contributed by atoms with Crippen LogP contribution in [0.25, 0.3) is 0 Å². The van der Waals surface area contributed by atoms with Crippen LogP contribution in [-0.4, -0.2) is 43.4 Å². The number of ether oxygens (including phenoxy) is 1. The van der Waals surface area contributed by atoms with Crippen LogP contribution in [-0.2, 0) is 19.6 Å². The van der Waals surface area contributed by atoms with E-state index in [0.717, 1.165) is 4.31 Å². The summed E-state index contributed by atoms with van der Waals surface area (Å²) < 4.78 is 31.1. The molecule has 0 amide bonds. The minimum Gasteiger partial charge on any atom is -0.465 e. The number of anilines is 1. The standard InChI is InChI=1S/C13H21N3O4S/c1-4-20-12(17)9-16(8-10(2)3)21(18,19)11-6-5-7-15-13(11)14/h5-7,10H,4,8-9H2,1-3H3,(H2,14,15). The van der Waals surface area contributed by atoms with E-state index >= 15 is 0 Å². The van der Waals surface area contributed by atoms with E-state index in [1.165, 1.54) is 18.3 Å². The number of pyridine rings is 1. The van der Waals surface area contributed by atoms with Crippen molar-refractivity contribution in [1.29, 1.82) is 0 Å². The fraction of sp³-hybridized carbons (Fsp3) is 0.538. The summed E-state index contributed by atoms with van der Waals surface area (Å²) in [6.07, 6.45) is 1.41. The molecule has 0 radical (unpaired) electrons. The summed E-state index contributed by atoms with van der Waals surface area (Å²) in [6, 6.07) is 2.86. The molecule has 1 aromatic heterocycles. The highest BCUT2D eigenvalue weighted by molar-refractivity contribution is 7.89. The maximum absolute atomic E-state index is 12.6. The molecule has 2 N–H and O–H groups in total. The molecule has 118 valence electrons. The van der Waals surface area contributed by atoms with Gasteiger partial charge in [0.25, 0.3) is 0 Å². The summed E-state index contributed by atoms with van der Waals surface area (Å²) >= 11 is 0. The molecule has 0 aliphatic carbocycles. The number of carbonyl (C=O) groups excluding carboxylic acids is 1. The van der Waals surface area contributed by atoms with Crippen LogP contribution >= 0.6 is 0 Å². The lowest BCUT2D eigenvalue weighted by molar-refractivity contribution is -0.143. The number of rotatable bonds is 7. The molecule has 0 saturated carbocycles. The van der Waals surface area contributed by atoms with Crippen LogP contribution in [0.5, 0.6) is 0 Å². The van der Waals surface area contributed by atoms with Gasteiger partial charge in [-0.05, 0) is 25.0 Å². The van der Waals surface area contributed by atoms with Crippen molar-refractivity contribution in [1.82, 2.24) is 9.29 Å². The minimum absolute atomic E-state index is 0.0482. The number of nitrogen functional groups attached to an aromatic ring is 1. The first-order valence-electron chi connectivity index (χ1n) is 6.65. The summed E-state index contributed by atoms with van der Waals surface area (Å²) in [6.45, 7) is 5.43. The fourth-order valence-electron chi connectivity index (χ4n) is 1.77. The summed E-state index contributed by atoms with van der Waals surface area (Å²) in [5.74, 6) is -0.633. The number of nitrogens with zero attached hydrogens (tertiary/aromatic N) is 2. The van der Waals surface area contributed by atoms with Crippen molar-refractivity contribution >= 4 is 21.8 Å². The number of aromatic nitrogens is 1. The van der Waals surface area contributed by atoms with Gasteiger partial charge in [0.15, 0.2) is 0 Å². The predicted octanol–water partition coefficient (Wildman–Crippen LogP) is 0.874.